The highest BCUT2D eigenvalue weighted by Gasteiger charge is 2.40. The van der Waals surface area contributed by atoms with Crippen molar-refractivity contribution in [2.75, 3.05) is 25.7 Å². The van der Waals surface area contributed by atoms with E-state index in [4.69, 9.17) is 15.2 Å². The van der Waals surface area contributed by atoms with Crippen molar-refractivity contribution in [2.24, 2.45) is 5.73 Å². The number of benzene rings is 2. The SMILES string of the molecule is COc1ccccc1N(C)C(C)C(N)(C1=CCOC=C1)c1ccccc1. The quantitative estimate of drug-likeness (QED) is 0.860. The molecular formula is C22H26N2O2. The van der Waals surface area contributed by atoms with Crippen LogP contribution in [0.4, 0.5) is 5.69 Å². The second-order valence-electron chi connectivity index (χ2n) is 6.49. The van der Waals surface area contributed by atoms with Gasteiger partial charge in [0.05, 0.1) is 30.6 Å². The second-order valence-corrected chi connectivity index (χ2v) is 6.49. The Hall–Kier alpha value is -2.72. The predicted molar refractivity (Wildman–Crippen MR) is 106 cm³/mol. The zero-order chi connectivity index (χ0) is 18.6. The molecule has 4 heteroatoms. The molecule has 0 bridgehead atoms. The summed E-state index contributed by atoms with van der Waals surface area (Å²) in [6, 6.07) is 18.2. The summed E-state index contributed by atoms with van der Waals surface area (Å²) in [4.78, 5) is 2.18. The molecule has 2 aromatic carbocycles. The summed E-state index contributed by atoms with van der Waals surface area (Å²) < 4.78 is 10.9. The maximum atomic E-state index is 7.11. The monoisotopic (exact) mass is 350 g/mol. The van der Waals surface area contributed by atoms with Gasteiger partial charge in [0.15, 0.2) is 0 Å². The van der Waals surface area contributed by atoms with Crippen LogP contribution in [0.25, 0.3) is 0 Å². The first-order chi connectivity index (χ1) is 12.6. The van der Waals surface area contributed by atoms with E-state index < -0.39 is 5.54 Å². The summed E-state index contributed by atoms with van der Waals surface area (Å²) in [5.41, 5.74) is 9.52. The van der Waals surface area contributed by atoms with E-state index in [0.29, 0.717) is 6.61 Å². The zero-order valence-electron chi connectivity index (χ0n) is 15.6. The number of hydrogen-bond donors (Lipinski definition) is 1. The standard InChI is InChI=1S/C22H26N2O2/c1-17(24(2)20-11-7-8-12-21(20)25-3)22(23,18-9-5-4-6-10-18)19-13-15-26-16-14-19/h4-15,17H,16,23H2,1-3H3. The van der Waals surface area contributed by atoms with Gasteiger partial charge < -0.3 is 20.1 Å². The maximum absolute atomic E-state index is 7.11. The van der Waals surface area contributed by atoms with Crippen LogP contribution in [0.15, 0.2) is 78.6 Å². The first kappa shape index (κ1) is 18.1. The highest BCUT2D eigenvalue weighted by Crippen LogP contribution is 2.38. The number of methoxy groups -OCH3 is 1. The van der Waals surface area contributed by atoms with Crippen molar-refractivity contribution in [3.8, 4) is 5.75 Å². The van der Waals surface area contributed by atoms with Gasteiger partial charge in [0.25, 0.3) is 0 Å². The normalized spacial score (nSPS) is 16.8. The van der Waals surface area contributed by atoms with Crippen LogP contribution in [0.5, 0.6) is 5.75 Å². The number of rotatable bonds is 6. The molecule has 0 spiro atoms. The maximum Gasteiger partial charge on any atom is 0.142 e. The lowest BCUT2D eigenvalue weighted by Gasteiger charge is -2.43. The highest BCUT2D eigenvalue weighted by atomic mass is 16.5. The van der Waals surface area contributed by atoms with Gasteiger partial charge in [-0.15, -0.1) is 0 Å². The molecule has 4 nitrogen and oxygen atoms in total. The van der Waals surface area contributed by atoms with Gasteiger partial charge in [0.1, 0.15) is 12.4 Å². The van der Waals surface area contributed by atoms with Gasteiger partial charge >= 0.3 is 0 Å². The van der Waals surface area contributed by atoms with Crippen LogP contribution in [-0.4, -0.2) is 26.8 Å². The Morgan fingerprint density at radius 3 is 2.46 bits per heavy atom. The molecular weight excluding hydrogens is 324 g/mol. The average molecular weight is 350 g/mol. The van der Waals surface area contributed by atoms with Crippen LogP contribution in [0.3, 0.4) is 0 Å². The third-order valence-electron chi connectivity index (χ3n) is 5.18. The van der Waals surface area contributed by atoms with Crippen LogP contribution < -0.4 is 15.4 Å². The Kier molecular flexibility index (Phi) is 5.33. The minimum atomic E-state index is -0.697. The molecule has 0 aliphatic carbocycles. The molecule has 1 aliphatic heterocycles. The number of hydrogen-bond acceptors (Lipinski definition) is 4. The van der Waals surface area contributed by atoms with E-state index in [9.17, 15) is 0 Å². The molecule has 136 valence electrons. The fourth-order valence-corrected chi connectivity index (χ4v) is 3.49. The highest BCUT2D eigenvalue weighted by molar-refractivity contribution is 5.60. The van der Waals surface area contributed by atoms with E-state index in [1.54, 1.807) is 13.4 Å². The fourth-order valence-electron chi connectivity index (χ4n) is 3.49. The molecule has 1 heterocycles. The van der Waals surface area contributed by atoms with E-state index in [1.165, 1.54) is 0 Å². The van der Waals surface area contributed by atoms with Crippen molar-refractivity contribution in [3.05, 3.63) is 84.1 Å². The summed E-state index contributed by atoms with van der Waals surface area (Å²) in [5, 5.41) is 0. The number of ether oxygens (including phenoxy) is 2. The average Bonchev–Trinajstić information content (AvgIpc) is 2.73. The predicted octanol–water partition coefficient (Wildman–Crippen LogP) is 3.84. The molecule has 2 unspecified atom stereocenters. The van der Waals surface area contributed by atoms with Crippen LogP contribution >= 0.6 is 0 Å². The molecule has 0 amide bonds. The summed E-state index contributed by atoms with van der Waals surface area (Å²) in [5.74, 6) is 0.828. The van der Waals surface area contributed by atoms with Crippen LogP contribution in [0.1, 0.15) is 12.5 Å². The van der Waals surface area contributed by atoms with Crippen molar-refractivity contribution in [1.29, 1.82) is 0 Å². The number of nitrogens with two attached hydrogens (primary N) is 1. The van der Waals surface area contributed by atoms with Crippen LogP contribution in [0, 0.1) is 0 Å². The third kappa shape index (κ3) is 3.20. The summed E-state index contributed by atoms with van der Waals surface area (Å²) in [6.45, 7) is 2.67. The van der Waals surface area contributed by atoms with Crippen LogP contribution in [0.2, 0.25) is 0 Å². The van der Waals surface area contributed by atoms with Crippen molar-refractivity contribution >= 4 is 5.69 Å². The van der Waals surface area contributed by atoms with Gasteiger partial charge in [-0.25, -0.2) is 0 Å². The molecule has 2 aromatic rings. The Labute approximate surface area is 155 Å². The first-order valence-electron chi connectivity index (χ1n) is 8.78. The van der Waals surface area contributed by atoms with Crippen molar-refractivity contribution in [2.45, 2.75) is 18.5 Å². The van der Waals surface area contributed by atoms with Gasteiger partial charge in [0, 0.05) is 7.05 Å². The number of para-hydroxylation sites is 2. The molecule has 2 N–H and O–H groups in total. The molecule has 0 radical (unpaired) electrons. The van der Waals surface area contributed by atoms with Gasteiger partial charge in [0.2, 0.25) is 0 Å². The summed E-state index contributed by atoms with van der Waals surface area (Å²) >= 11 is 0. The van der Waals surface area contributed by atoms with E-state index in [-0.39, 0.29) is 6.04 Å². The van der Waals surface area contributed by atoms with Gasteiger partial charge in [-0.2, -0.15) is 0 Å². The van der Waals surface area contributed by atoms with Crippen LogP contribution in [-0.2, 0) is 10.3 Å². The first-order valence-corrected chi connectivity index (χ1v) is 8.78. The smallest absolute Gasteiger partial charge is 0.142 e. The fraction of sp³-hybridized carbons (Fsp3) is 0.273. The van der Waals surface area contributed by atoms with E-state index in [0.717, 1.165) is 22.6 Å². The van der Waals surface area contributed by atoms with E-state index >= 15 is 0 Å². The molecule has 26 heavy (non-hydrogen) atoms. The van der Waals surface area contributed by atoms with E-state index in [2.05, 4.69) is 43.1 Å². The third-order valence-corrected chi connectivity index (χ3v) is 5.18. The number of nitrogens with zero attached hydrogens (tertiary/aromatic N) is 1. The van der Waals surface area contributed by atoms with Crippen molar-refractivity contribution < 1.29 is 9.47 Å². The lowest BCUT2D eigenvalue weighted by molar-refractivity contribution is 0.278. The Balaban J connectivity index is 2.07. The summed E-state index contributed by atoms with van der Waals surface area (Å²) in [7, 11) is 3.74. The number of likely N-dealkylation sites (N-methyl/N-ethyl adjacent to an activating group) is 1. The topological polar surface area (TPSA) is 47.7 Å². The van der Waals surface area contributed by atoms with Crippen molar-refractivity contribution in [1.82, 2.24) is 0 Å². The minimum absolute atomic E-state index is 0.0322. The molecule has 1 aliphatic rings. The lowest BCUT2D eigenvalue weighted by Crippen LogP contribution is -2.55. The van der Waals surface area contributed by atoms with Crippen molar-refractivity contribution in [3.63, 3.8) is 0 Å². The Morgan fingerprint density at radius 1 is 1.12 bits per heavy atom. The molecule has 3 rings (SSSR count). The lowest BCUT2D eigenvalue weighted by atomic mass is 9.76. The molecule has 0 saturated heterocycles. The largest absolute Gasteiger partial charge is 0.497 e. The minimum Gasteiger partial charge on any atom is -0.497 e. The molecule has 0 saturated carbocycles. The Bertz CT molecular complexity index is 801. The Morgan fingerprint density at radius 2 is 1.81 bits per heavy atom. The van der Waals surface area contributed by atoms with Gasteiger partial charge in [-0.3, -0.25) is 0 Å². The zero-order valence-corrected chi connectivity index (χ0v) is 15.6. The van der Waals surface area contributed by atoms with Gasteiger partial charge in [-0.05, 0) is 42.3 Å². The molecule has 2 atom stereocenters. The summed E-state index contributed by atoms with van der Waals surface area (Å²) in [6.07, 6.45) is 5.73. The second kappa shape index (κ2) is 7.67. The molecule has 0 aromatic heterocycles. The van der Waals surface area contributed by atoms with Gasteiger partial charge in [-0.1, -0.05) is 42.5 Å². The van der Waals surface area contributed by atoms with E-state index in [1.807, 2.05) is 42.5 Å². The number of anilines is 1. The molecule has 0 fully saturated rings.